The lowest BCUT2D eigenvalue weighted by molar-refractivity contribution is -0.132. The van der Waals surface area contributed by atoms with Crippen LogP contribution < -0.4 is 9.47 Å². The van der Waals surface area contributed by atoms with E-state index in [0.29, 0.717) is 53.3 Å². The Bertz CT molecular complexity index is 1020. The summed E-state index contributed by atoms with van der Waals surface area (Å²) in [6.07, 6.45) is 1.68. The maximum Gasteiger partial charge on any atom is 0.249 e. The van der Waals surface area contributed by atoms with Crippen molar-refractivity contribution >= 4 is 17.5 Å². The van der Waals surface area contributed by atoms with Crippen LogP contribution in [0.3, 0.4) is 0 Å². The summed E-state index contributed by atoms with van der Waals surface area (Å²) >= 11 is 6.21. The Morgan fingerprint density at radius 2 is 1.90 bits per heavy atom. The quantitative estimate of drug-likeness (QED) is 0.448. The zero-order valence-electron chi connectivity index (χ0n) is 17.9. The van der Waals surface area contributed by atoms with Crippen molar-refractivity contribution in [2.75, 3.05) is 20.8 Å². The van der Waals surface area contributed by atoms with E-state index >= 15 is 0 Å². The molecule has 164 valence electrons. The first-order chi connectivity index (χ1) is 15.1. The van der Waals surface area contributed by atoms with Crippen molar-refractivity contribution in [3.8, 4) is 23.0 Å². The highest BCUT2D eigenvalue weighted by molar-refractivity contribution is 6.33. The number of benzene rings is 2. The van der Waals surface area contributed by atoms with Gasteiger partial charge in [0.15, 0.2) is 11.5 Å². The maximum absolute atomic E-state index is 12.9. The van der Waals surface area contributed by atoms with Crippen molar-refractivity contribution in [3.63, 3.8) is 0 Å². The highest BCUT2D eigenvalue weighted by Crippen LogP contribution is 2.31. The molecule has 0 aliphatic carbocycles. The zero-order chi connectivity index (χ0) is 22.2. The standard InChI is InChI=1S/C23H26ClN3O4/c1-4-14-27(15-20-25-26-23(31-20)17-9-5-6-10-18(17)24)21(28)13-12-16-8-7-11-19(29-2)22(16)30-3/h5-11H,4,12-15H2,1-3H3. The number of hydrogen-bond acceptors (Lipinski definition) is 6. The number of aryl methyl sites for hydroxylation is 1. The summed E-state index contributed by atoms with van der Waals surface area (Å²) in [5.41, 5.74) is 1.59. The number of rotatable bonds is 10. The lowest BCUT2D eigenvalue weighted by atomic mass is 10.1. The summed E-state index contributed by atoms with van der Waals surface area (Å²) in [6, 6.07) is 12.9. The normalized spacial score (nSPS) is 10.7. The molecule has 0 aliphatic rings. The number of amides is 1. The van der Waals surface area contributed by atoms with Gasteiger partial charge in [-0.1, -0.05) is 42.8 Å². The highest BCUT2D eigenvalue weighted by Gasteiger charge is 2.19. The van der Waals surface area contributed by atoms with Crippen LogP contribution >= 0.6 is 11.6 Å². The van der Waals surface area contributed by atoms with Crippen molar-refractivity contribution in [3.05, 3.63) is 58.9 Å². The molecular weight excluding hydrogens is 418 g/mol. The van der Waals surface area contributed by atoms with E-state index in [1.165, 1.54) is 0 Å². The van der Waals surface area contributed by atoms with E-state index in [-0.39, 0.29) is 12.5 Å². The zero-order valence-corrected chi connectivity index (χ0v) is 18.7. The van der Waals surface area contributed by atoms with Gasteiger partial charge in [0.1, 0.15) is 0 Å². The molecule has 3 rings (SSSR count). The molecule has 2 aromatic carbocycles. The van der Waals surface area contributed by atoms with Crippen LogP contribution in [0, 0.1) is 0 Å². The average molecular weight is 444 g/mol. The third kappa shape index (κ3) is 5.55. The first kappa shape index (κ1) is 22.6. The second kappa shape index (κ2) is 10.8. The van der Waals surface area contributed by atoms with E-state index < -0.39 is 0 Å². The fourth-order valence-electron chi connectivity index (χ4n) is 3.34. The molecule has 0 atom stereocenters. The Morgan fingerprint density at radius 1 is 1.10 bits per heavy atom. The van der Waals surface area contributed by atoms with E-state index in [2.05, 4.69) is 10.2 Å². The smallest absolute Gasteiger partial charge is 0.249 e. The lowest BCUT2D eigenvalue weighted by Crippen LogP contribution is -2.31. The van der Waals surface area contributed by atoms with Gasteiger partial charge in [-0.3, -0.25) is 4.79 Å². The van der Waals surface area contributed by atoms with E-state index in [4.69, 9.17) is 25.5 Å². The molecular formula is C23H26ClN3O4. The van der Waals surface area contributed by atoms with Crippen LogP contribution in [0.4, 0.5) is 0 Å². The minimum Gasteiger partial charge on any atom is -0.493 e. The number of carbonyl (C=O) groups excluding carboxylic acids is 1. The van der Waals surface area contributed by atoms with Gasteiger partial charge in [0.05, 0.1) is 31.4 Å². The van der Waals surface area contributed by atoms with Gasteiger partial charge in [-0.2, -0.15) is 0 Å². The predicted octanol–water partition coefficient (Wildman–Crippen LogP) is 4.78. The molecule has 0 bridgehead atoms. The van der Waals surface area contributed by atoms with E-state index in [9.17, 15) is 4.79 Å². The van der Waals surface area contributed by atoms with Crippen LogP contribution in [0.25, 0.3) is 11.5 Å². The molecule has 31 heavy (non-hydrogen) atoms. The number of ether oxygens (including phenoxy) is 2. The van der Waals surface area contributed by atoms with Gasteiger partial charge >= 0.3 is 0 Å². The number of hydrogen-bond donors (Lipinski definition) is 0. The molecule has 0 spiro atoms. The molecule has 1 aromatic heterocycles. The van der Waals surface area contributed by atoms with Crippen LogP contribution in [0.5, 0.6) is 11.5 Å². The number of carbonyl (C=O) groups is 1. The molecule has 0 saturated carbocycles. The Hall–Kier alpha value is -3.06. The fourth-order valence-corrected chi connectivity index (χ4v) is 3.55. The topological polar surface area (TPSA) is 77.7 Å². The maximum atomic E-state index is 12.9. The summed E-state index contributed by atoms with van der Waals surface area (Å²) in [4.78, 5) is 14.7. The van der Waals surface area contributed by atoms with E-state index in [0.717, 1.165) is 12.0 Å². The third-order valence-corrected chi connectivity index (χ3v) is 5.17. The van der Waals surface area contributed by atoms with Gasteiger partial charge in [-0.25, -0.2) is 0 Å². The Morgan fingerprint density at radius 3 is 2.61 bits per heavy atom. The van der Waals surface area contributed by atoms with Crippen molar-refractivity contribution in [2.24, 2.45) is 0 Å². The van der Waals surface area contributed by atoms with Gasteiger partial charge < -0.3 is 18.8 Å². The van der Waals surface area contributed by atoms with Crippen LogP contribution in [0.15, 0.2) is 46.9 Å². The van der Waals surface area contributed by atoms with Crippen LogP contribution in [-0.2, 0) is 17.8 Å². The second-order valence-electron chi connectivity index (χ2n) is 6.95. The van der Waals surface area contributed by atoms with Gasteiger partial charge in [-0.15, -0.1) is 10.2 Å². The third-order valence-electron chi connectivity index (χ3n) is 4.84. The summed E-state index contributed by atoms with van der Waals surface area (Å²) in [7, 11) is 3.19. The number of nitrogens with zero attached hydrogens (tertiary/aromatic N) is 3. The molecule has 3 aromatic rings. The molecule has 1 heterocycles. The van der Waals surface area contributed by atoms with Crippen molar-refractivity contribution < 1.29 is 18.7 Å². The molecule has 0 N–H and O–H groups in total. The Balaban J connectivity index is 1.69. The predicted molar refractivity (Wildman–Crippen MR) is 118 cm³/mol. The number of aromatic nitrogens is 2. The van der Waals surface area contributed by atoms with Crippen LogP contribution in [0.1, 0.15) is 31.2 Å². The fraction of sp³-hybridized carbons (Fsp3) is 0.348. The summed E-state index contributed by atoms with van der Waals surface area (Å²) in [5, 5.41) is 8.72. The largest absolute Gasteiger partial charge is 0.493 e. The molecule has 8 heteroatoms. The highest BCUT2D eigenvalue weighted by atomic mass is 35.5. The molecule has 1 amide bonds. The number of methoxy groups -OCH3 is 2. The minimum absolute atomic E-state index is 0.00390. The Labute approximate surface area is 186 Å². The number of halogens is 1. The summed E-state index contributed by atoms with van der Waals surface area (Å²) < 4.78 is 16.6. The lowest BCUT2D eigenvalue weighted by Gasteiger charge is -2.20. The van der Waals surface area contributed by atoms with E-state index in [1.807, 2.05) is 43.3 Å². The Kier molecular flexibility index (Phi) is 7.89. The molecule has 0 radical (unpaired) electrons. The van der Waals surface area contributed by atoms with Gasteiger partial charge in [0.25, 0.3) is 0 Å². The minimum atomic E-state index is 0.00390. The molecule has 0 aliphatic heterocycles. The summed E-state index contributed by atoms with van der Waals surface area (Å²) in [5.74, 6) is 2.02. The monoisotopic (exact) mass is 443 g/mol. The van der Waals surface area contributed by atoms with Crippen molar-refractivity contribution in [1.29, 1.82) is 0 Å². The average Bonchev–Trinajstić information content (AvgIpc) is 3.25. The first-order valence-electron chi connectivity index (χ1n) is 10.1. The first-order valence-corrected chi connectivity index (χ1v) is 10.5. The van der Waals surface area contributed by atoms with E-state index in [1.54, 1.807) is 25.2 Å². The SMILES string of the molecule is CCCN(Cc1nnc(-c2ccccc2Cl)o1)C(=O)CCc1cccc(OC)c1OC. The van der Waals surface area contributed by atoms with Gasteiger partial charge in [-0.05, 0) is 36.6 Å². The molecule has 0 unspecified atom stereocenters. The van der Waals surface area contributed by atoms with Gasteiger partial charge in [0, 0.05) is 13.0 Å². The van der Waals surface area contributed by atoms with Gasteiger partial charge in [0.2, 0.25) is 17.7 Å². The van der Waals surface area contributed by atoms with Crippen molar-refractivity contribution in [2.45, 2.75) is 32.7 Å². The second-order valence-corrected chi connectivity index (χ2v) is 7.36. The molecule has 7 nitrogen and oxygen atoms in total. The van der Waals surface area contributed by atoms with Crippen LogP contribution in [0.2, 0.25) is 5.02 Å². The molecule has 0 fully saturated rings. The number of para-hydroxylation sites is 1. The van der Waals surface area contributed by atoms with Crippen molar-refractivity contribution in [1.82, 2.24) is 15.1 Å². The molecule has 0 saturated heterocycles. The summed E-state index contributed by atoms with van der Waals surface area (Å²) in [6.45, 7) is 2.87. The van der Waals surface area contributed by atoms with Crippen LogP contribution in [-0.4, -0.2) is 41.8 Å².